The predicted molar refractivity (Wildman–Crippen MR) is 95.9 cm³/mol. The third-order valence-corrected chi connectivity index (χ3v) is 5.55. The van der Waals surface area contributed by atoms with Crippen LogP contribution in [0.3, 0.4) is 0 Å². The van der Waals surface area contributed by atoms with Crippen LogP contribution in [-0.4, -0.2) is 32.0 Å². The molecular formula is C18H21N5OS. The molecule has 3 rings (SSSR count). The lowest BCUT2D eigenvalue weighted by atomic mass is 9.98. The molecular weight excluding hydrogens is 334 g/mol. The molecule has 0 radical (unpaired) electrons. The van der Waals surface area contributed by atoms with Crippen molar-refractivity contribution in [1.82, 2.24) is 20.1 Å². The summed E-state index contributed by atoms with van der Waals surface area (Å²) in [5.41, 5.74) is 0.391. The van der Waals surface area contributed by atoms with Crippen LogP contribution >= 0.6 is 11.8 Å². The second kappa shape index (κ2) is 7.28. The minimum atomic E-state index is -0.761. The molecule has 1 aromatic heterocycles. The Morgan fingerprint density at radius 1 is 1.48 bits per heavy atom. The van der Waals surface area contributed by atoms with Gasteiger partial charge in [0, 0.05) is 0 Å². The molecule has 0 spiro atoms. The minimum absolute atomic E-state index is 0.0811. The molecule has 1 N–H and O–H groups in total. The summed E-state index contributed by atoms with van der Waals surface area (Å²) in [5.74, 6) is 0.334. The van der Waals surface area contributed by atoms with E-state index >= 15 is 0 Å². The van der Waals surface area contributed by atoms with E-state index < -0.39 is 5.54 Å². The average Bonchev–Trinajstić information content (AvgIpc) is 3.39. The molecule has 0 bridgehead atoms. The predicted octanol–water partition coefficient (Wildman–Crippen LogP) is 2.79. The molecule has 2 atom stereocenters. The summed E-state index contributed by atoms with van der Waals surface area (Å²) in [7, 11) is 0. The first-order valence-electron chi connectivity index (χ1n) is 8.33. The molecule has 1 heterocycles. The summed E-state index contributed by atoms with van der Waals surface area (Å²) in [6, 6.07) is 12.4. The van der Waals surface area contributed by atoms with Gasteiger partial charge >= 0.3 is 0 Å². The second-order valence-electron chi connectivity index (χ2n) is 6.53. The molecule has 25 heavy (non-hydrogen) atoms. The van der Waals surface area contributed by atoms with Crippen LogP contribution in [0, 0.1) is 17.2 Å². The van der Waals surface area contributed by atoms with Crippen LogP contribution < -0.4 is 5.32 Å². The molecule has 6 nitrogen and oxygen atoms in total. The Labute approximate surface area is 151 Å². The van der Waals surface area contributed by atoms with Crippen LogP contribution in [-0.2, 0) is 4.79 Å². The maximum atomic E-state index is 12.3. The summed E-state index contributed by atoms with van der Waals surface area (Å²) in [5, 5.41) is 21.0. The fourth-order valence-electron chi connectivity index (χ4n) is 2.83. The quantitative estimate of drug-likeness (QED) is 0.772. The number of carbonyl (C=O) groups is 1. The number of amides is 1. The van der Waals surface area contributed by atoms with Crippen molar-refractivity contribution >= 4 is 17.7 Å². The Morgan fingerprint density at radius 2 is 2.20 bits per heavy atom. The average molecular weight is 355 g/mol. The summed E-state index contributed by atoms with van der Waals surface area (Å²) in [6.07, 6.45) is 3.68. The van der Waals surface area contributed by atoms with Crippen LogP contribution in [0.5, 0.6) is 0 Å². The van der Waals surface area contributed by atoms with E-state index in [1.165, 1.54) is 11.8 Å². The van der Waals surface area contributed by atoms with E-state index in [1.54, 1.807) is 13.3 Å². The third kappa shape index (κ3) is 4.02. The normalized spacial score (nSPS) is 17.3. The number of nitrogens with zero attached hydrogens (tertiary/aromatic N) is 4. The number of hydrogen-bond acceptors (Lipinski definition) is 5. The Bertz CT molecular complexity index is 780. The van der Waals surface area contributed by atoms with Crippen LogP contribution in [0.2, 0.25) is 0 Å². The van der Waals surface area contributed by atoms with Gasteiger partial charge in [0.05, 0.1) is 17.9 Å². The Hall–Kier alpha value is -2.33. The molecule has 1 aliphatic carbocycles. The van der Waals surface area contributed by atoms with Crippen molar-refractivity contribution in [2.75, 3.05) is 5.75 Å². The number of nitrogens with one attached hydrogen (secondary N) is 1. The van der Waals surface area contributed by atoms with Gasteiger partial charge in [-0.25, -0.2) is 0 Å². The SMILES string of the molecule is C[C@@H](c1ccccc1)n1cnnc1SCC(=O)N[C@](C)(C#N)C1CC1. The first-order chi connectivity index (χ1) is 12.0. The Kier molecular flexibility index (Phi) is 5.09. The van der Waals surface area contributed by atoms with E-state index in [0.717, 1.165) is 18.4 Å². The van der Waals surface area contributed by atoms with Crippen LogP contribution in [0.25, 0.3) is 0 Å². The van der Waals surface area contributed by atoms with Gasteiger partial charge in [-0.15, -0.1) is 10.2 Å². The van der Waals surface area contributed by atoms with E-state index in [1.807, 2.05) is 22.8 Å². The lowest BCUT2D eigenvalue weighted by Gasteiger charge is -2.22. The van der Waals surface area contributed by atoms with Gasteiger partial charge in [0.1, 0.15) is 11.9 Å². The van der Waals surface area contributed by atoms with Gasteiger partial charge < -0.3 is 9.88 Å². The van der Waals surface area contributed by atoms with Gasteiger partial charge in [-0.05, 0) is 38.2 Å². The van der Waals surface area contributed by atoms with Gasteiger partial charge in [0.25, 0.3) is 0 Å². The van der Waals surface area contributed by atoms with E-state index in [-0.39, 0.29) is 23.6 Å². The van der Waals surface area contributed by atoms with Crippen molar-refractivity contribution in [2.24, 2.45) is 5.92 Å². The summed E-state index contributed by atoms with van der Waals surface area (Å²) in [4.78, 5) is 12.3. The van der Waals surface area contributed by atoms with Gasteiger partial charge in [0.15, 0.2) is 5.16 Å². The standard InChI is InChI=1S/C18H21N5OS/c1-13(14-6-4-3-5-7-14)23-12-20-22-17(23)25-10-16(24)21-18(2,11-19)15-8-9-15/h3-7,12-13,15H,8-10H2,1-2H3,(H,21,24)/t13-,18+/m0/s1. The molecule has 1 amide bonds. The van der Waals surface area contributed by atoms with Gasteiger partial charge in [-0.1, -0.05) is 42.1 Å². The number of hydrogen-bond donors (Lipinski definition) is 1. The van der Waals surface area contributed by atoms with Crippen LogP contribution in [0.15, 0.2) is 41.8 Å². The van der Waals surface area contributed by atoms with Crippen LogP contribution in [0.1, 0.15) is 38.3 Å². The van der Waals surface area contributed by atoms with Crippen molar-refractivity contribution < 1.29 is 4.79 Å². The fraction of sp³-hybridized carbons (Fsp3) is 0.444. The Balaban J connectivity index is 1.62. The molecule has 7 heteroatoms. The highest BCUT2D eigenvalue weighted by atomic mass is 32.2. The molecule has 1 aliphatic rings. The summed E-state index contributed by atoms with van der Waals surface area (Å²) in [6.45, 7) is 3.87. The van der Waals surface area contributed by atoms with E-state index in [2.05, 4.69) is 40.6 Å². The van der Waals surface area contributed by atoms with Crippen molar-refractivity contribution in [2.45, 2.75) is 43.4 Å². The summed E-state index contributed by atoms with van der Waals surface area (Å²) < 4.78 is 1.96. The summed E-state index contributed by atoms with van der Waals surface area (Å²) >= 11 is 1.34. The topological polar surface area (TPSA) is 83.6 Å². The second-order valence-corrected chi connectivity index (χ2v) is 7.48. The highest BCUT2D eigenvalue weighted by Gasteiger charge is 2.42. The first-order valence-corrected chi connectivity index (χ1v) is 9.31. The fourth-order valence-corrected chi connectivity index (χ4v) is 3.62. The monoisotopic (exact) mass is 355 g/mol. The van der Waals surface area contributed by atoms with Crippen molar-refractivity contribution in [1.29, 1.82) is 5.26 Å². The molecule has 0 aliphatic heterocycles. The number of aromatic nitrogens is 3. The van der Waals surface area contributed by atoms with Crippen LogP contribution in [0.4, 0.5) is 0 Å². The van der Waals surface area contributed by atoms with Crippen molar-refractivity contribution in [3.8, 4) is 6.07 Å². The molecule has 130 valence electrons. The molecule has 2 aromatic rings. The zero-order valence-corrected chi connectivity index (χ0v) is 15.2. The molecule has 0 unspecified atom stereocenters. The van der Waals surface area contributed by atoms with E-state index in [0.29, 0.717) is 5.16 Å². The highest BCUT2D eigenvalue weighted by Crippen LogP contribution is 2.39. The maximum Gasteiger partial charge on any atom is 0.231 e. The third-order valence-electron chi connectivity index (χ3n) is 4.60. The molecule has 1 aromatic carbocycles. The Morgan fingerprint density at radius 3 is 2.84 bits per heavy atom. The number of thioether (sulfide) groups is 1. The van der Waals surface area contributed by atoms with Gasteiger partial charge in [-0.2, -0.15) is 5.26 Å². The first kappa shape index (κ1) is 17.5. The molecule has 1 saturated carbocycles. The van der Waals surface area contributed by atoms with E-state index in [4.69, 9.17) is 0 Å². The number of nitriles is 1. The number of benzene rings is 1. The van der Waals surface area contributed by atoms with Crippen molar-refractivity contribution in [3.63, 3.8) is 0 Å². The smallest absolute Gasteiger partial charge is 0.231 e. The van der Waals surface area contributed by atoms with Gasteiger partial charge in [-0.3, -0.25) is 4.79 Å². The highest BCUT2D eigenvalue weighted by molar-refractivity contribution is 7.99. The lowest BCUT2D eigenvalue weighted by Crippen LogP contribution is -2.47. The largest absolute Gasteiger partial charge is 0.337 e. The van der Waals surface area contributed by atoms with Crippen molar-refractivity contribution in [3.05, 3.63) is 42.2 Å². The molecule has 1 fully saturated rings. The lowest BCUT2D eigenvalue weighted by molar-refractivity contribution is -0.119. The van der Waals surface area contributed by atoms with Gasteiger partial charge in [0.2, 0.25) is 5.91 Å². The zero-order chi connectivity index (χ0) is 17.9. The number of rotatable bonds is 7. The molecule has 0 saturated heterocycles. The minimum Gasteiger partial charge on any atom is -0.337 e. The number of carbonyl (C=O) groups excluding carboxylic acids is 1. The zero-order valence-electron chi connectivity index (χ0n) is 14.3. The van der Waals surface area contributed by atoms with E-state index in [9.17, 15) is 10.1 Å². The maximum absolute atomic E-state index is 12.3.